The van der Waals surface area contributed by atoms with Crippen LogP contribution in [0.3, 0.4) is 0 Å². The van der Waals surface area contributed by atoms with E-state index in [9.17, 15) is 0 Å². The van der Waals surface area contributed by atoms with Gasteiger partial charge in [0, 0.05) is 0 Å². The smallest absolute Gasteiger partial charge is 0.0162 e. The van der Waals surface area contributed by atoms with E-state index >= 15 is 0 Å². The van der Waals surface area contributed by atoms with Crippen LogP contribution in [0.25, 0.3) is 0 Å². The van der Waals surface area contributed by atoms with Crippen molar-refractivity contribution in [3.05, 3.63) is 24.3 Å². The molecule has 0 nitrogen and oxygen atoms in total. The predicted octanol–water partition coefficient (Wildman–Crippen LogP) is 2.14. The van der Waals surface area contributed by atoms with Crippen LogP contribution in [-0.2, 0) is 0 Å². The average Bonchev–Trinajstić information content (AvgIpc) is 1.91. The first-order valence-corrected chi connectivity index (χ1v) is 2.66. The third-order valence-electron chi connectivity index (χ3n) is 1.45. The molecule has 38 valence electrons. The molecule has 0 bridgehead atoms. The Hall–Kier alpha value is -0.520. The Morgan fingerprint density at radius 1 is 1.86 bits per heavy atom. The van der Waals surface area contributed by atoms with Crippen LogP contribution in [0.15, 0.2) is 24.3 Å². The van der Waals surface area contributed by atoms with Crippen molar-refractivity contribution in [2.45, 2.75) is 13.3 Å². The lowest BCUT2D eigenvalue weighted by atomic mass is 10.1. The van der Waals surface area contributed by atoms with Gasteiger partial charge in [0.15, 0.2) is 0 Å². The second-order valence-electron chi connectivity index (χ2n) is 2.11. The monoisotopic (exact) mass is 94.1 g/mol. The summed E-state index contributed by atoms with van der Waals surface area (Å²) in [5, 5.41) is 0. The molecule has 0 aromatic carbocycles. The van der Waals surface area contributed by atoms with Gasteiger partial charge in [-0.2, -0.15) is 0 Å². The van der Waals surface area contributed by atoms with Crippen LogP contribution in [0.5, 0.6) is 0 Å². The highest BCUT2D eigenvalue weighted by Gasteiger charge is 2.05. The average molecular weight is 94.2 g/mol. The molecule has 1 aliphatic rings. The Bertz CT molecular complexity index is 109. The maximum atomic E-state index is 3.85. The summed E-state index contributed by atoms with van der Waals surface area (Å²) >= 11 is 0. The van der Waals surface area contributed by atoms with Gasteiger partial charge in [0.2, 0.25) is 0 Å². The number of allylic oxidation sites excluding steroid dienone is 3. The fraction of sp³-hybridized carbons (Fsp3) is 0.429. The molecule has 7 heavy (non-hydrogen) atoms. The highest BCUT2D eigenvalue weighted by atomic mass is 14.1. The Labute approximate surface area is 44.5 Å². The predicted molar refractivity (Wildman–Crippen MR) is 32.1 cm³/mol. The summed E-state index contributed by atoms with van der Waals surface area (Å²) in [4.78, 5) is 0. The minimum atomic E-state index is 0.708. The number of hydrogen-bond donors (Lipinski definition) is 0. The molecule has 0 heteroatoms. The molecule has 1 rings (SSSR count). The molecule has 1 aliphatic carbocycles. The summed E-state index contributed by atoms with van der Waals surface area (Å²) in [7, 11) is 0. The van der Waals surface area contributed by atoms with E-state index in [1.165, 1.54) is 12.0 Å². The maximum Gasteiger partial charge on any atom is -0.0162 e. The van der Waals surface area contributed by atoms with E-state index in [0.29, 0.717) is 5.92 Å². The highest BCUT2D eigenvalue weighted by Crippen LogP contribution is 2.20. The first-order valence-electron chi connectivity index (χ1n) is 2.66. The van der Waals surface area contributed by atoms with Crippen molar-refractivity contribution in [2.75, 3.05) is 0 Å². The second-order valence-corrected chi connectivity index (χ2v) is 2.11. The van der Waals surface area contributed by atoms with Gasteiger partial charge in [-0.1, -0.05) is 31.2 Å². The third kappa shape index (κ3) is 0.738. The zero-order chi connectivity index (χ0) is 5.28. The van der Waals surface area contributed by atoms with Crippen LogP contribution in [0, 0.1) is 5.92 Å². The molecule has 0 aromatic rings. The molecule has 0 N–H and O–H groups in total. The molecule has 0 unspecified atom stereocenters. The summed E-state index contributed by atoms with van der Waals surface area (Å²) in [6.07, 6.45) is 5.47. The van der Waals surface area contributed by atoms with Gasteiger partial charge in [0.1, 0.15) is 0 Å². The quantitative estimate of drug-likeness (QED) is 0.431. The van der Waals surface area contributed by atoms with Gasteiger partial charge in [-0.25, -0.2) is 0 Å². The van der Waals surface area contributed by atoms with Gasteiger partial charge in [0.05, 0.1) is 0 Å². The fourth-order valence-corrected chi connectivity index (χ4v) is 0.739. The van der Waals surface area contributed by atoms with Crippen LogP contribution >= 0.6 is 0 Å². The van der Waals surface area contributed by atoms with Gasteiger partial charge < -0.3 is 0 Å². The minimum Gasteiger partial charge on any atom is -0.0956 e. The van der Waals surface area contributed by atoms with Gasteiger partial charge >= 0.3 is 0 Å². The van der Waals surface area contributed by atoms with Crippen LogP contribution in [-0.4, -0.2) is 0 Å². The summed E-state index contributed by atoms with van der Waals surface area (Å²) in [6.45, 7) is 6.05. The molecular weight excluding hydrogens is 84.1 g/mol. The standard InChI is InChI=1S/C7H10/c1-6-4-3-5-7(6)2/h3-4,7H,1,5H2,2H3/t7-/m0/s1. The van der Waals surface area contributed by atoms with Crippen molar-refractivity contribution in [3.8, 4) is 0 Å². The largest absolute Gasteiger partial charge is 0.0956 e. The van der Waals surface area contributed by atoms with E-state index in [4.69, 9.17) is 0 Å². The third-order valence-corrected chi connectivity index (χ3v) is 1.45. The van der Waals surface area contributed by atoms with Gasteiger partial charge in [-0.05, 0) is 12.3 Å². The molecule has 0 heterocycles. The zero-order valence-electron chi connectivity index (χ0n) is 4.65. The molecule has 0 saturated heterocycles. The van der Waals surface area contributed by atoms with Crippen LogP contribution in [0.2, 0.25) is 0 Å². The van der Waals surface area contributed by atoms with Crippen molar-refractivity contribution in [1.29, 1.82) is 0 Å². The molecule has 0 amide bonds. The lowest BCUT2D eigenvalue weighted by Crippen LogP contribution is -1.85. The molecule has 0 radical (unpaired) electrons. The Kier molecular flexibility index (Phi) is 1.01. The normalized spacial score (nSPS) is 29.3. The lowest BCUT2D eigenvalue weighted by molar-refractivity contribution is 0.745. The van der Waals surface area contributed by atoms with E-state index in [2.05, 4.69) is 25.7 Å². The SMILES string of the molecule is C=C1C=CC[C@@H]1C. The molecule has 0 saturated carbocycles. The molecule has 0 spiro atoms. The topological polar surface area (TPSA) is 0 Å². The Morgan fingerprint density at radius 2 is 2.57 bits per heavy atom. The molecule has 0 aromatic heterocycles. The van der Waals surface area contributed by atoms with Gasteiger partial charge in [0.25, 0.3) is 0 Å². The van der Waals surface area contributed by atoms with E-state index < -0.39 is 0 Å². The number of rotatable bonds is 0. The van der Waals surface area contributed by atoms with Crippen molar-refractivity contribution >= 4 is 0 Å². The van der Waals surface area contributed by atoms with Crippen LogP contribution in [0.1, 0.15) is 13.3 Å². The number of hydrogen-bond acceptors (Lipinski definition) is 0. The zero-order valence-corrected chi connectivity index (χ0v) is 4.65. The lowest BCUT2D eigenvalue weighted by Gasteiger charge is -1.97. The van der Waals surface area contributed by atoms with E-state index in [1.807, 2.05) is 0 Å². The molecule has 0 aliphatic heterocycles. The Balaban J connectivity index is 2.62. The van der Waals surface area contributed by atoms with E-state index in [-0.39, 0.29) is 0 Å². The van der Waals surface area contributed by atoms with Crippen molar-refractivity contribution in [1.82, 2.24) is 0 Å². The first kappa shape index (κ1) is 4.63. The summed E-state index contributed by atoms with van der Waals surface area (Å²) in [5.74, 6) is 0.708. The maximum absolute atomic E-state index is 3.85. The summed E-state index contributed by atoms with van der Waals surface area (Å²) in [6, 6.07) is 0. The first-order chi connectivity index (χ1) is 3.30. The van der Waals surface area contributed by atoms with Gasteiger partial charge in [-0.15, -0.1) is 0 Å². The van der Waals surface area contributed by atoms with E-state index in [0.717, 1.165) is 0 Å². The molecular formula is C7H10. The van der Waals surface area contributed by atoms with Crippen LogP contribution in [0.4, 0.5) is 0 Å². The van der Waals surface area contributed by atoms with Crippen molar-refractivity contribution < 1.29 is 0 Å². The highest BCUT2D eigenvalue weighted by molar-refractivity contribution is 5.23. The van der Waals surface area contributed by atoms with E-state index in [1.54, 1.807) is 0 Å². The fourth-order valence-electron chi connectivity index (χ4n) is 0.739. The Morgan fingerprint density at radius 3 is 2.71 bits per heavy atom. The summed E-state index contributed by atoms with van der Waals surface area (Å²) in [5.41, 5.74) is 1.28. The van der Waals surface area contributed by atoms with Gasteiger partial charge in [-0.3, -0.25) is 0 Å². The van der Waals surface area contributed by atoms with Crippen LogP contribution < -0.4 is 0 Å². The minimum absolute atomic E-state index is 0.708. The molecule has 0 fully saturated rings. The van der Waals surface area contributed by atoms with Crippen molar-refractivity contribution in [2.24, 2.45) is 5.92 Å². The second kappa shape index (κ2) is 1.53. The summed E-state index contributed by atoms with van der Waals surface area (Å²) < 4.78 is 0. The molecule has 1 atom stereocenters. The van der Waals surface area contributed by atoms with Crippen molar-refractivity contribution in [3.63, 3.8) is 0 Å².